The van der Waals surface area contributed by atoms with Gasteiger partial charge < -0.3 is 4.74 Å². The summed E-state index contributed by atoms with van der Waals surface area (Å²) in [5.41, 5.74) is 0.0488. The molecule has 1 N–H and O–H groups in total. The Bertz CT molecular complexity index is 452. The van der Waals surface area contributed by atoms with Crippen molar-refractivity contribution in [3.05, 3.63) is 12.3 Å². The molecule has 0 saturated carbocycles. The first-order valence-corrected chi connectivity index (χ1v) is 7.65. The molecular weight excluding hydrogens is 337 g/mol. The van der Waals surface area contributed by atoms with E-state index in [0.29, 0.717) is 5.82 Å². The Morgan fingerprint density at radius 1 is 1.43 bits per heavy atom. The number of halogens is 3. The Balaban J connectivity index is 2.86. The number of hydrogen-bond donors (Lipinski definition) is 1. The number of nitrogens with zero attached hydrogens (tertiary/aromatic N) is 2. The lowest BCUT2D eigenvalue weighted by molar-refractivity contribution is 0.151. The van der Waals surface area contributed by atoms with E-state index in [9.17, 15) is 4.79 Å². The average molecular weight is 357 g/mol. The fraction of sp³-hybridized carbons (Fsp3) is 0.692. The van der Waals surface area contributed by atoms with Gasteiger partial charge in [0, 0.05) is 12.1 Å². The highest BCUT2D eigenvalue weighted by molar-refractivity contribution is 6.67. The number of aromatic nitrogens is 2. The number of ether oxygens (including phenoxy) is 1. The smallest absolute Gasteiger partial charge is 0.415 e. The van der Waals surface area contributed by atoms with E-state index in [-0.39, 0.29) is 18.1 Å². The summed E-state index contributed by atoms with van der Waals surface area (Å²) in [5.74, 6) is 0.543. The summed E-state index contributed by atoms with van der Waals surface area (Å²) < 4.78 is 3.44. The Hall–Kier alpha value is -0.650. The quantitative estimate of drug-likeness (QED) is 0.805. The molecule has 0 aliphatic rings. The molecule has 1 atom stereocenters. The molecule has 8 heteroatoms. The third kappa shape index (κ3) is 6.76. The number of hydrogen-bond acceptors (Lipinski definition) is 3. The number of aromatic amines is 1. The van der Waals surface area contributed by atoms with Gasteiger partial charge in [-0.15, -0.1) is 0 Å². The minimum Gasteiger partial charge on any atom is -0.445 e. The summed E-state index contributed by atoms with van der Waals surface area (Å²) in [6, 6.07) is 1.59. The maximum atomic E-state index is 12.3. The molecule has 0 aliphatic carbocycles. The van der Waals surface area contributed by atoms with E-state index in [4.69, 9.17) is 39.5 Å². The minimum atomic E-state index is -1.64. The average Bonchev–Trinajstić information content (AvgIpc) is 2.76. The van der Waals surface area contributed by atoms with Crippen molar-refractivity contribution in [3.63, 3.8) is 0 Å². The van der Waals surface area contributed by atoms with E-state index < -0.39 is 9.89 Å². The highest BCUT2D eigenvalue weighted by Gasteiger charge is 2.30. The van der Waals surface area contributed by atoms with Crippen molar-refractivity contribution in [1.82, 2.24) is 10.2 Å². The number of anilines is 1. The van der Waals surface area contributed by atoms with Crippen LogP contribution in [0.4, 0.5) is 10.6 Å². The second-order valence-corrected chi connectivity index (χ2v) is 8.61. The number of alkyl halides is 3. The molecule has 1 unspecified atom stereocenters. The van der Waals surface area contributed by atoms with Crippen LogP contribution in [0.2, 0.25) is 0 Å². The van der Waals surface area contributed by atoms with Crippen molar-refractivity contribution in [3.8, 4) is 0 Å². The maximum Gasteiger partial charge on any atom is 0.415 e. The second-order valence-electron chi connectivity index (χ2n) is 6.10. The van der Waals surface area contributed by atoms with Gasteiger partial charge in [-0.2, -0.15) is 5.10 Å². The molecule has 120 valence electrons. The van der Waals surface area contributed by atoms with Gasteiger partial charge in [0.05, 0.1) is 6.20 Å². The first-order valence-electron chi connectivity index (χ1n) is 6.52. The minimum absolute atomic E-state index is 0.0488. The molecule has 1 amide bonds. The topological polar surface area (TPSA) is 58.2 Å². The van der Waals surface area contributed by atoms with Crippen molar-refractivity contribution < 1.29 is 9.53 Å². The summed E-state index contributed by atoms with van der Waals surface area (Å²) in [7, 11) is 0. The number of amides is 1. The van der Waals surface area contributed by atoms with Crippen LogP contribution >= 0.6 is 34.8 Å². The fourth-order valence-electron chi connectivity index (χ4n) is 2.09. The van der Waals surface area contributed by atoms with E-state index >= 15 is 0 Å². The molecule has 21 heavy (non-hydrogen) atoms. The predicted octanol–water partition coefficient (Wildman–Crippen LogP) is 4.55. The Morgan fingerprint density at radius 3 is 2.48 bits per heavy atom. The van der Waals surface area contributed by atoms with Crippen LogP contribution in [-0.2, 0) is 4.74 Å². The lowest BCUT2D eigenvalue weighted by Crippen LogP contribution is -2.42. The summed E-state index contributed by atoms with van der Waals surface area (Å²) in [5, 5.41) is 6.62. The van der Waals surface area contributed by atoms with Crippen LogP contribution in [0.15, 0.2) is 12.3 Å². The Labute approximate surface area is 139 Å². The summed E-state index contributed by atoms with van der Waals surface area (Å²) >= 11 is 16.8. The van der Waals surface area contributed by atoms with E-state index in [1.165, 1.54) is 4.90 Å². The van der Waals surface area contributed by atoms with Gasteiger partial charge in [0.25, 0.3) is 0 Å². The number of nitrogens with one attached hydrogen (secondary N) is 1. The summed E-state index contributed by atoms with van der Waals surface area (Å²) in [6.07, 6.45) is 1.76. The first-order chi connectivity index (χ1) is 9.49. The molecule has 0 saturated heterocycles. The lowest BCUT2D eigenvalue weighted by atomic mass is 9.88. The number of carbonyl (C=O) groups excluding carboxylic acids is 1. The molecule has 1 heterocycles. The molecule has 1 rings (SSSR count). The van der Waals surface area contributed by atoms with E-state index in [1.807, 2.05) is 6.92 Å². The van der Waals surface area contributed by atoms with Gasteiger partial charge in [-0.1, -0.05) is 55.6 Å². The van der Waals surface area contributed by atoms with Crippen molar-refractivity contribution in [2.75, 3.05) is 11.5 Å². The molecule has 0 aliphatic heterocycles. The monoisotopic (exact) mass is 355 g/mol. The third-order valence-corrected chi connectivity index (χ3v) is 2.98. The normalized spacial score (nSPS) is 13.9. The molecule has 0 spiro atoms. The zero-order chi connectivity index (χ0) is 16.3. The Morgan fingerprint density at radius 2 is 2.05 bits per heavy atom. The van der Waals surface area contributed by atoms with E-state index in [1.54, 1.807) is 12.3 Å². The van der Waals surface area contributed by atoms with Crippen LogP contribution in [0.3, 0.4) is 0 Å². The van der Waals surface area contributed by atoms with Crippen LogP contribution in [0.25, 0.3) is 0 Å². The third-order valence-electron chi connectivity index (χ3n) is 2.65. The number of carbonyl (C=O) groups is 1. The van der Waals surface area contributed by atoms with Gasteiger partial charge in [-0.3, -0.25) is 10.00 Å². The standard InChI is InChI=1S/C13H20Cl3N3O2/c1-9(7-12(2,3)4)19(10-5-6-17-18-10)11(20)21-8-13(14,15)16/h5-6,9H,7-8H2,1-4H3,(H,17,18). The van der Waals surface area contributed by atoms with Crippen LogP contribution in [0.5, 0.6) is 0 Å². The number of H-pyrrole nitrogens is 1. The molecule has 5 nitrogen and oxygen atoms in total. The van der Waals surface area contributed by atoms with Gasteiger partial charge in [0.15, 0.2) is 0 Å². The van der Waals surface area contributed by atoms with Gasteiger partial charge in [-0.25, -0.2) is 4.79 Å². The van der Waals surface area contributed by atoms with Crippen LogP contribution in [-0.4, -0.2) is 32.7 Å². The molecule has 0 fully saturated rings. The fourth-order valence-corrected chi connectivity index (χ4v) is 2.25. The van der Waals surface area contributed by atoms with Crippen molar-refractivity contribution in [2.24, 2.45) is 5.41 Å². The highest BCUT2D eigenvalue weighted by atomic mass is 35.6. The molecule has 1 aromatic heterocycles. The van der Waals surface area contributed by atoms with Crippen molar-refractivity contribution >= 4 is 46.7 Å². The first kappa shape index (κ1) is 18.4. The van der Waals surface area contributed by atoms with Crippen LogP contribution in [0, 0.1) is 5.41 Å². The lowest BCUT2D eigenvalue weighted by Gasteiger charge is -2.32. The molecule has 0 radical (unpaired) electrons. The number of rotatable bonds is 4. The van der Waals surface area contributed by atoms with Crippen molar-refractivity contribution in [1.29, 1.82) is 0 Å². The van der Waals surface area contributed by atoms with Gasteiger partial charge >= 0.3 is 6.09 Å². The van der Waals surface area contributed by atoms with Crippen LogP contribution < -0.4 is 4.90 Å². The Kier molecular flexibility index (Phi) is 6.20. The second kappa shape index (κ2) is 7.07. The predicted molar refractivity (Wildman–Crippen MR) is 86.2 cm³/mol. The highest BCUT2D eigenvalue weighted by Crippen LogP contribution is 2.29. The molecule has 1 aromatic rings. The largest absolute Gasteiger partial charge is 0.445 e. The zero-order valence-electron chi connectivity index (χ0n) is 12.5. The summed E-state index contributed by atoms with van der Waals surface area (Å²) in [4.78, 5) is 13.8. The van der Waals surface area contributed by atoms with E-state index in [2.05, 4.69) is 31.0 Å². The van der Waals surface area contributed by atoms with Crippen LogP contribution in [0.1, 0.15) is 34.1 Å². The molecular formula is C13H20Cl3N3O2. The molecule has 0 bridgehead atoms. The zero-order valence-corrected chi connectivity index (χ0v) is 14.8. The van der Waals surface area contributed by atoms with Gasteiger partial charge in [0.2, 0.25) is 3.79 Å². The maximum absolute atomic E-state index is 12.3. The van der Waals surface area contributed by atoms with Crippen molar-refractivity contribution in [2.45, 2.75) is 44.0 Å². The summed E-state index contributed by atoms with van der Waals surface area (Å²) in [6.45, 7) is 7.91. The van der Waals surface area contributed by atoms with E-state index in [0.717, 1.165) is 6.42 Å². The van der Waals surface area contributed by atoms with Gasteiger partial charge in [0.1, 0.15) is 12.4 Å². The molecule has 0 aromatic carbocycles. The SMILES string of the molecule is CC(CC(C)(C)C)N(C(=O)OCC(Cl)(Cl)Cl)c1ccn[nH]1. The van der Waals surface area contributed by atoms with Gasteiger partial charge in [-0.05, 0) is 18.8 Å².